The molecule has 3 nitrogen and oxygen atoms in total. The minimum absolute atomic E-state index is 0.0972. The first kappa shape index (κ1) is 9.59. The molecule has 0 aromatic carbocycles. The van der Waals surface area contributed by atoms with Crippen LogP contribution in [0.3, 0.4) is 0 Å². The highest BCUT2D eigenvalue weighted by molar-refractivity contribution is 5.48. The molecule has 0 spiro atoms. The molecule has 1 unspecified atom stereocenters. The summed E-state index contributed by atoms with van der Waals surface area (Å²) >= 11 is 0. The Morgan fingerprint density at radius 3 is 2.80 bits per heavy atom. The largest absolute Gasteiger partial charge is 0.367 e. The molecule has 0 saturated carbocycles. The lowest BCUT2D eigenvalue weighted by atomic mass is 10.2. The van der Waals surface area contributed by atoms with Gasteiger partial charge in [0.05, 0.1) is 0 Å². The minimum Gasteiger partial charge on any atom is -0.367 e. The van der Waals surface area contributed by atoms with Gasteiger partial charge in [0.2, 0.25) is 0 Å². The highest BCUT2D eigenvalue weighted by atomic mass is 16.5. The quantitative estimate of drug-likeness (QED) is 0.337. The Hall–Kier alpha value is -0.410. The van der Waals surface area contributed by atoms with Crippen LogP contribution in [0.25, 0.3) is 0 Å². The van der Waals surface area contributed by atoms with E-state index in [4.69, 9.17) is 4.74 Å². The Balaban J connectivity index is 3.16. The van der Waals surface area contributed by atoms with E-state index >= 15 is 0 Å². The molecule has 0 heterocycles. The molecule has 0 aliphatic carbocycles. The topological polar surface area (TPSA) is 38.3 Å². The van der Waals surface area contributed by atoms with Crippen molar-refractivity contribution in [1.29, 1.82) is 0 Å². The summed E-state index contributed by atoms with van der Waals surface area (Å²) in [6, 6.07) is 0. The van der Waals surface area contributed by atoms with Gasteiger partial charge in [0.1, 0.15) is 12.5 Å². The van der Waals surface area contributed by atoms with E-state index < -0.39 is 0 Å². The van der Waals surface area contributed by atoms with Crippen molar-refractivity contribution in [3.8, 4) is 0 Å². The van der Waals surface area contributed by atoms with Gasteiger partial charge >= 0.3 is 0 Å². The van der Waals surface area contributed by atoms with Crippen molar-refractivity contribution in [2.75, 3.05) is 14.2 Å². The Kier molecular flexibility index (Phi) is 6.43. The number of aldehydes is 1. The molecule has 3 heteroatoms. The van der Waals surface area contributed by atoms with Crippen LogP contribution in [0.4, 0.5) is 0 Å². The van der Waals surface area contributed by atoms with Gasteiger partial charge in [-0.3, -0.25) is 5.32 Å². The maximum Gasteiger partial charge on any atom is 0.119 e. The van der Waals surface area contributed by atoms with E-state index in [-0.39, 0.29) is 6.23 Å². The Morgan fingerprint density at radius 1 is 1.70 bits per heavy atom. The molecule has 0 bridgehead atoms. The fourth-order valence-electron chi connectivity index (χ4n) is 0.767. The summed E-state index contributed by atoms with van der Waals surface area (Å²) in [6.45, 7) is 0. The molecule has 0 aromatic heterocycles. The molecule has 1 atom stereocenters. The average Bonchev–Trinajstić information content (AvgIpc) is 1.99. The van der Waals surface area contributed by atoms with Crippen LogP contribution in [0.1, 0.15) is 19.3 Å². The van der Waals surface area contributed by atoms with E-state index in [9.17, 15) is 4.79 Å². The summed E-state index contributed by atoms with van der Waals surface area (Å²) < 4.78 is 5.02. The first-order chi connectivity index (χ1) is 4.85. The third-order valence-corrected chi connectivity index (χ3v) is 1.39. The zero-order valence-electron chi connectivity index (χ0n) is 6.59. The second-order valence-corrected chi connectivity index (χ2v) is 2.11. The van der Waals surface area contributed by atoms with Gasteiger partial charge in [-0.2, -0.15) is 0 Å². The number of hydrogen-bond donors (Lipinski definition) is 1. The molecule has 0 saturated heterocycles. The number of nitrogens with one attached hydrogen (secondary N) is 1. The van der Waals surface area contributed by atoms with E-state index in [0.29, 0.717) is 6.42 Å². The first-order valence-corrected chi connectivity index (χ1v) is 3.48. The van der Waals surface area contributed by atoms with Crippen LogP contribution in [0.2, 0.25) is 0 Å². The fourth-order valence-corrected chi connectivity index (χ4v) is 0.767. The summed E-state index contributed by atoms with van der Waals surface area (Å²) in [4.78, 5) is 9.90. The van der Waals surface area contributed by atoms with Crippen LogP contribution in [-0.4, -0.2) is 26.7 Å². The fraction of sp³-hybridized carbons (Fsp3) is 0.857. The Bertz CT molecular complexity index is 81.7. The number of rotatable bonds is 6. The maximum atomic E-state index is 9.90. The Labute approximate surface area is 61.8 Å². The molecule has 0 amide bonds. The smallest absolute Gasteiger partial charge is 0.119 e. The second-order valence-electron chi connectivity index (χ2n) is 2.11. The van der Waals surface area contributed by atoms with Crippen molar-refractivity contribution < 1.29 is 9.53 Å². The van der Waals surface area contributed by atoms with Gasteiger partial charge in [-0.25, -0.2) is 0 Å². The molecule has 0 aliphatic heterocycles. The van der Waals surface area contributed by atoms with Crippen LogP contribution in [0.15, 0.2) is 0 Å². The van der Waals surface area contributed by atoms with Crippen molar-refractivity contribution in [3.63, 3.8) is 0 Å². The normalized spacial score (nSPS) is 13.0. The predicted molar refractivity (Wildman–Crippen MR) is 39.8 cm³/mol. The van der Waals surface area contributed by atoms with Crippen molar-refractivity contribution in [2.24, 2.45) is 0 Å². The van der Waals surface area contributed by atoms with Crippen molar-refractivity contribution in [1.82, 2.24) is 5.32 Å². The highest BCUT2D eigenvalue weighted by Crippen LogP contribution is 1.98. The van der Waals surface area contributed by atoms with Crippen molar-refractivity contribution in [2.45, 2.75) is 25.5 Å². The van der Waals surface area contributed by atoms with Gasteiger partial charge in [0, 0.05) is 13.5 Å². The molecule has 1 N–H and O–H groups in total. The number of carbonyl (C=O) groups excluding carboxylic acids is 1. The second kappa shape index (κ2) is 6.71. The number of hydrogen-bond acceptors (Lipinski definition) is 3. The van der Waals surface area contributed by atoms with E-state index in [0.717, 1.165) is 19.1 Å². The van der Waals surface area contributed by atoms with Gasteiger partial charge in [-0.05, 0) is 19.9 Å². The maximum absolute atomic E-state index is 9.90. The van der Waals surface area contributed by atoms with Crippen molar-refractivity contribution in [3.05, 3.63) is 0 Å². The molecule has 60 valence electrons. The van der Waals surface area contributed by atoms with Gasteiger partial charge in [-0.1, -0.05) is 0 Å². The first-order valence-electron chi connectivity index (χ1n) is 3.48. The van der Waals surface area contributed by atoms with Crippen LogP contribution in [0, 0.1) is 0 Å². The standard InChI is InChI=1S/C7H15NO2/c1-8-7(10-2)5-3-4-6-9/h6-8H,3-5H2,1-2H3. The summed E-state index contributed by atoms with van der Waals surface area (Å²) in [5.74, 6) is 0. The van der Waals surface area contributed by atoms with Crippen LogP contribution >= 0.6 is 0 Å². The molecular formula is C7H15NO2. The molecule has 0 aromatic rings. The number of unbranched alkanes of at least 4 members (excludes halogenated alkanes) is 1. The van der Waals surface area contributed by atoms with Crippen molar-refractivity contribution >= 4 is 6.29 Å². The molecule has 0 fully saturated rings. The predicted octanol–water partition coefficient (Wildman–Crippen LogP) is 0.547. The Morgan fingerprint density at radius 2 is 2.40 bits per heavy atom. The highest BCUT2D eigenvalue weighted by Gasteiger charge is 2.00. The SMILES string of the molecule is CNC(CCCC=O)OC. The lowest BCUT2D eigenvalue weighted by molar-refractivity contribution is -0.108. The molecule has 10 heavy (non-hydrogen) atoms. The van der Waals surface area contributed by atoms with E-state index in [1.54, 1.807) is 7.11 Å². The lowest BCUT2D eigenvalue weighted by Gasteiger charge is -2.12. The third-order valence-electron chi connectivity index (χ3n) is 1.39. The third kappa shape index (κ3) is 4.47. The lowest BCUT2D eigenvalue weighted by Crippen LogP contribution is -2.26. The van der Waals surface area contributed by atoms with Gasteiger partial charge in [0.25, 0.3) is 0 Å². The summed E-state index contributed by atoms with van der Waals surface area (Å²) in [5, 5.41) is 2.97. The zero-order valence-corrected chi connectivity index (χ0v) is 6.59. The average molecular weight is 145 g/mol. The summed E-state index contributed by atoms with van der Waals surface area (Å²) in [6.07, 6.45) is 3.44. The molecule has 0 rings (SSSR count). The minimum atomic E-state index is 0.0972. The van der Waals surface area contributed by atoms with E-state index in [1.165, 1.54) is 0 Å². The van der Waals surface area contributed by atoms with Crippen LogP contribution in [0.5, 0.6) is 0 Å². The van der Waals surface area contributed by atoms with E-state index in [2.05, 4.69) is 5.32 Å². The van der Waals surface area contributed by atoms with Gasteiger partial charge < -0.3 is 9.53 Å². The number of carbonyl (C=O) groups is 1. The number of ether oxygens (including phenoxy) is 1. The van der Waals surface area contributed by atoms with Crippen LogP contribution < -0.4 is 5.32 Å². The molecule has 0 radical (unpaired) electrons. The summed E-state index contributed by atoms with van der Waals surface area (Å²) in [7, 11) is 3.50. The van der Waals surface area contributed by atoms with Crippen LogP contribution in [-0.2, 0) is 9.53 Å². The monoisotopic (exact) mass is 145 g/mol. The number of methoxy groups -OCH3 is 1. The zero-order chi connectivity index (χ0) is 7.82. The molecular weight excluding hydrogens is 130 g/mol. The summed E-state index contributed by atoms with van der Waals surface area (Å²) in [5.41, 5.74) is 0. The van der Waals surface area contributed by atoms with Gasteiger partial charge in [0.15, 0.2) is 0 Å². The molecule has 0 aliphatic rings. The van der Waals surface area contributed by atoms with E-state index in [1.807, 2.05) is 7.05 Å². The van der Waals surface area contributed by atoms with Gasteiger partial charge in [-0.15, -0.1) is 0 Å².